The first-order valence-electron chi connectivity index (χ1n) is 10.6. The summed E-state index contributed by atoms with van der Waals surface area (Å²) >= 11 is 0. The molecule has 1 aromatic rings. The van der Waals surface area contributed by atoms with Gasteiger partial charge < -0.3 is 14.2 Å². The Morgan fingerprint density at radius 3 is 2.38 bits per heavy atom. The Balaban J connectivity index is 1.83. The molecule has 1 heterocycles. The van der Waals surface area contributed by atoms with Gasteiger partial charge in [0.05, 0.1) is 19.3 Å². The van der Waals surface area contributed by atoms with E-state index in [9.17, 15) is 9.59 Å². The van der Waals surface area contributed by atoms with Gasteiger partial charge in [0, 0.05) is 24.2 Å². The normalized spacial score (nSPS) is 31.0. The van der Waals surface area contributed by atoms with E-state index >= 15 is 0 Å². The average Bonchev–Trinajstić information content (AvgIpc) is 2.71. The first-order chi connectivity index (χ1) is 13.8. The van der Waals surface area contributed by atoms with E-state index in [1.807, 2.05) is 31.2 Å². The second-order valence-corrected chi connectivity index (χ2v) is 8.39. The smallest absolute Gasteiger partial charge is 0.310 e. The molecule has 1 aliphatic heterocycles. The lowest BCUT2D eigenvalue weighted by Gasteiger charge is -2.55. The van der Waals surface area contributed by atoms with E-state index < -0.39 is 0 Å². The third-order valence-corrected chi connectivity index (χ3v) is 6.77. The maximum absolute atomic E-state index is 11.8. The SMILES string of the molecule is CCC(=O)OCC12COC(c3ccc(OC(=O)CC)cc3)C(C(C)=CC1C)C2C. The summed E-state index contributed by atoms with van der Waals surface area (Å²) in [5, 5.41) is 0. The number of fused-ring (bicyclic) bond motifs is 2. The monoisotopic (exact) mass is 400 g/mol. The maximum atomic E-state index is 11.8. The molecule has 2 bridgehead atoms. The fraction of sp³-hybridized carbons (Fsp3) is 0.583. The summed E-state index contributed by atoms with van der Waals surface area (Å²) in [7, 11) is 0. The summed E-state index contributed by atoms with van der Waals surface area (Å²) in [5.74, 6) is 0.936. The highest BCUT2D eigenvalue weighted by molar-refractivity contribution is 5.71. The number of hydrogen-bond donors (Lipinski definition) is 0. The van der Waals surface area contributed by atoms with E-state index in [0.29, 0.717) is 37.7 Å². The average molecular weight is 401 g/mol. The molecule has 1 fully saturated rings. The molecule has 0 radical (unpaired) electrons. The van der Waals surface area contributed by atoms with Crippen molar-refractivity contribution < 1.29 is 23.8 Å². The molecular weight excluding hydrogens is 368 g/mol. The Morgan fingerprint density at radius 1 is 1.10 bits per heavy atom. The summed E-state index contributed by atoms with van der Waals surface area (Å²) in [6.45, 7) is 11.1. The standard InChI is InChI=1S/C24H32O5/c1-6-20(25)27-13-24-14-28-23(22(17(24)5)15(3)12-16(24)4)18-8-10-19(11-9-18)29-21(26)7-2/h8-12,16-17,22-23H,6-7,13-14H2,1-5H3. The van der Waals surface area contributed by atoms with E-state index in [4.69, 9.17) is 14.2 Å². The van der Waals surface area contributed by atoms with Crippen molar-refractivity contribution >= 4 is 11.9 Å². The molecule has 3 rings (SSSR count). The van der Waals surface area contributed by atoms with Crippen molar-refractivity contribution in [1.29, 1.82) is 0 Å². The predicted molar refractivity (Wildman–Crippen MR) is 110 cm³/mol. The lowest BCUT2D eigenvalue weighted by atomic mass is 9.56. The molecule has 158 valence electrons. The molecular formula is C24H32O5. The van der Waals surface area contributed by atoms with Crippen LogP contribution in [0.5, 0.6) is 5.75 Å². The minimum absolute atomic E-state index is 0.0697. The van der Waals surface area contributed by atoms with Crippen LogP contribution >= 0.6 is 0 Å². The summed E-state index contributed by atoms with van der Waals surface area (Å²) in [6, 6.07) is 7.61. The van der Waals surface area contributed by atoms with Crippen LogP contribution in [0.3, 0.4) is 0 Å². The Labute approximate surface area is 173 Å². The molecule has 0 saturated carbocycles. The molecule has 1 aliphatic carbocycles. The molecule has 5 heteroatoms. The van der Waals surface area contributed by atoms with Crippen molar-refractivity contribution in [2.45, 2.75) is 53.6 Å². The van der Waals surface area contributed by atoms with Gasteiger partial charge in [-0.1, -0.05) is 51.5 Å². The highest BCUT2D eigenvalue weighted by Gasteiger charge is 2.54. The lowest BCUT2D eigenvalue weighted by Crippen LogP contribution is -2.54. The fourth-order valence-corrected chi connectivity index (χ4v) is 4.80. The molecule has 5 unspecified atom stereocenters. The molecule has 0 N–H and O–H groups in total. The number of carbonyl (C=O) groups is 2. The van der Waals surface area contributed by atoms with Gasteiger partial charge in [-0.15, -0.1) is 0 Å². The van der Waals surface area contributed by atoms with Crippen LogP contribution in [0.4, 0.5) is 0 Å². The molecule has 1 aromatic carbocycles. The van der Waals surface area contributed by atoms with Gasteiger partial charge in [-0.05, 0) is 36.5 Å². The van der Waals surface area contributed by atoms with Crippen LogP contribution in [0.2, 0.25) is 0 Å². The third kappa shape index (κ3) is 4.11. The lowest BCUT2D eigenvalue weighted by molar-refractivity contribution is -0.181. The molecule has 1 saturated heterocycles. The molecule has 5 atom stereocenters. The minimum Gasteiger partial charge on any atom is -0.465 e. The van der Waals surface area contributed by atoms with Crippen LogP contribution in [0.25, 0.3) is 0 Å². The summed E-state index contributed by atoms with van der Waals surface area (Å²) in [6.07, 6.45) is 2.98. The van der Waals surface area contributed by atoms with Gasteiger partial charge in [0.25, 0.3) is 0 Å². The quantitative estimate of drug-likeness (QED) is 0.388. The van der Waals surface area contributed by atoms with E-state index in [1.54, 1.807) is 6.92 Å². The molecule has 5 nitrogen and oxygen atoms in total. The Hall–Kier alpha value is -2.14. The third-order valence-electron chi connectivity index (χ3n) is 6.77. The topological polar surface area (TPSA) is 61.8 Å². The number of hydrogen-bond acceptors (Lipinski definition) is 5. The highest BCUT2D eigenvalue weighted by atomic mass is 16.5. The Bertz CT molecular complexity index is 781. The van der Waals surface area contributed by atoms with Gasteiger partial charge in [0.1, 0.15) is 5.75 Å². The van der Waals surface area contributed by atoms with Crippen molar-refractivity contribution in [2.75, 3.05) is 13.2 Å². The van der Waals surface area contributed by atoms with E-state index in [1.165, 1.54) is 5.57 Å². The second-order valence-electron chi connectivity index (χ2n) is 8.39. The van der Waals surface area contributed by atoms with Crippen LogP contribution in [0.1, 0.15) is 59.1 Å². The van der Waals surface area contributed by atoms with Crippen LogP contribution in [0.15, 0.2) is 35.9 Å². The molecule has 2 aliphatic rings. The zero-order chi connectivity index (χ0) is 21.2. The molecule has 0 amide bonds. The van der Waals surface area contributed by atoms with Gasteiger partial charge in [0.15, 0.2) is 0 Å². The van der Waals surface area contributed by atoms with Gasteiger partial charge in [-0.2, -0.15) is 0 Å². The first kappa shape index (κ1) is 21.6. The Morgan fingerprint density at radius 2 is 1.76 bits per heavy atom. The zero-order valence-electron chi connectivity index (χ0n) is 18.1. The highest BCUT2D eigenvalue weighted by Crippen LogP contribution is 2.56. The molecule has 29 heavy (non-hydrogen) atoms. The van der Waals surface area contributed by atoms with Crippen molar-refractivity contribution in [3.05, 3.63) is 41.5 Å². The number of esters is 2. The van der Waals surface area contributed by atoms with Crippen LogP contribution in [0, 0.1) is 23.2 Å². The number of benzene rings is 1. The maximum Gasteiger partial charge on any atom is 0.310 e. The van der Waals surface area contributed by atoms with Gasteiger partial charge in [-0.3, -0.25) is 9.59 Å². The zero-order valence-corrected chi connectivity index (χ0v) is 18.1. The van der Waals surface area contributed by atoms with Crippen molar-refractivity contribution in [3.63, 3.8) is 0 Å². The van der Waals surface area contributed by atoms with Crippen LogP contribution in [-0.4, -0.2) is 25.2 Å². The minimum atomic E-state index is -0.244. The number of carbonyl (C=O) groups excluding carboxylic acids is 2. The number of allylic oxidation sites excluding steroid dienone is 1. The number of rotatable bonds is 6. The van der Waals surface area contributed by atoms with Gasteiger partial charge >= 0.3 is 11.9 Å². The fourth-order valence-electron chi connectivity index (χ4n) is 4.80. The van der Waals surface area contributed by atoms with Crippen molar-refractivity contribution in [2.24, 2.45) is 23.2 Å². The summed E-state index contributed by atoms with van der Waals surface area (Å²) in [5.41, 5.74) is 2.18. The molecule has 0 aromatic heterocycles. The Kier molecular flexibility index (Phi) is 6.47. The van der Waals surface area contributed by atoms with Crippen molar-refractivity contribution in [1.82, 2.24) is 0 Å². The van der Waals surface area contributed by atoms with Gasteiger partial charge in [-0.25, -0.2) is 0 Å². The second kappa shape index (κ2) is 8.70. The first-order valence-corrected chi connectivity index (χ1v) is 10.6. The van der Waals surface area contributed by atoms with E-state index in [2.05, 4.69) is 26.8 Å². The van der Waals surface area contributed by atoms with Gasteiger partial charge in [0.2, 0.25) is 0 Å². The largest absolute Gasteiger partial charge is 0.465 e. The predicted octanol–water partition coefficient (Wildman–Crippen LogP) is 4.86. The van der Waals surface area contributed by atoms with E-state index in [0.717, 1.165) is 5.56 Å². The molecule has 0 spiro atoms. The van der Waals surface area contributed by atoms with E-state index in [-0.39, 0.29) is 35.3 Å². The van der Waals surface area contributed by atoms with Crippen LogP contribution < -0.4 is 4.74 Å². The number of ether oxygens (including phenoxy) is 3. The summed E-state index contributed by atoms with van der Waals surface area (Å²) in [4.78, 5) is 23.3. The summed E-state index contributed by atoms with van der Waals surface area (Å²) < 4.78 is 17.3. The van der Waals surface area contributed by atoms with Crippen LogP contribution in [-0.2, 0) is 19.1 Å². The van der Waals surface area contributed by atoms with Crippen molar-refractivity contribution in [3.8, 4) is 5.75 Å².